The first-order valence-electron chi connectivity index (χ1n) is 3.62. The molecule has 0 aromatic heterocycles. The molecule has 1 unspecified atom stereocenters. The molecule has 0 spiro atoms. The van der Waals surface area contributed by atoms with Crippen molar-refractivity contribution in [1.29, 1.82) is 0 Å². The Kier molecular flexibility index (Phi) is 1.65. The standard InChI is InChI=1S/C8H8FNOS/c1-4-10-6-2-5(9)8(12)3-7(6)11-4/h2-4,10,12H,1H3. The predicted octanol–water partition coefficient (Wildman–Crippen LogP) is 2.26. The van der Waals surface area contributed by atoms with Crippen LogP contribution in [-0.2, 0) is 0 Å². The van der Waals surface area contributed by atoms with Gasteiger partial charge in [-0.3, -0.25) is 0 Å². The number of rotatable bonds is 0. The largest absolute Gasteiger partial charge is 0.469 e. The fourth-order valence-corrected chi connectivity index (χ4v) is 1.37. The molecule has 1 N–H and O–H groups in total. The maximum Gasteiger partial charge on any atom is 0.167 e. The van der Waals surface area contributed by atoms with Gasteiger partial charge in [0.2, 0.25) is 0 Å². The number of hydrogen-bond acceptors (Lipinski definition) is 3. The summed E-state index contributed by atoms with van der Waals surface area (Å²) in [5, 5.41) is 2.97. The minimum atomic E-state index is -0.331. The molecule has 0 saturated carbocycles. The van der Waals surface area contributed by atoms with Crippen LogP contribution in [0.3, 0.4) is 0 Å². The van der Waals surface area contributed by atoms with Crippen LogP contribution in [-0.4, -0.2) is 6.23 Å². The topological polar surface area (TPSA) is 21.3 Å². The Labute approximate surface area is 75.1 Å². The van der Waals surface area contributed by atoms with Crippen molar-refractivity contribution in [3.63, 3.8) is 0 Å². The number of fused-ring (bicyclic) bond motifs is 1. The molecule has 12 heavy (non-hydrogen) atoms. The molecular formula is C8H8FNOS. The Bertz CT molecular complexity index is 298. The summed E-state index contributed by atoms with van der Waals surface area (Å²) < 4.78 is 18.2. The van der Waals surface area contributed by atoms with E-state index < -0.39 is 0 Å². The lowest BCUT2D eigenvalue weighted by molar-refractivity contribution is 0.274. The molecular weight excluding hydrogens is 177 g/mol. The van der Waals surface area contributed by atoms with E-state index in [4.69, 9.17) is 4.74 Å². The fraction of sp³-hybridized carbons (Fsp3) is 0.250. The Morgan fingerprint density at radius 2 is 2.33 bits per heavy atom. The van der Waals surface area contributed by atoms with Crippen molar-refractivity contribution in [2.45, 2.75) is 18.0 Å². The van der Waals surface area contributed by atoms with Gasteiger partial charge in [0.05, 0.1) is 5.69 Å². The highest BCUT2D eigenvalue weighted by molar-refractivity contribution is 7.80. The number of anilines is 1. The molecule has 2 rings (SSSR count). The van der Waals surface area contributed by atoms with E-state index in [1.807, 2.05) is 6.92 Å². The van der Waals surface area contributed by atoms with E-state index in [0.717, 1.165) is 0 Å². The third-order valence-corrected chi connectivity index (χ3v) is 2.05. The Morgan fingerprint density at radius 1 is 1.58 bits per heavy atom. The summed E-state index contributed by atoms with van der Waals surface area (Å²) >= 11 is 3.94. The van der Waals surface area contributed by atoms with Crippen LogP contribution in [0, 0.1) is 5.82 Å². The SMILES string of the molecule is CC1Nc2cc(F)c(S)cc2O1. The highest BCUT2D eigenvalue weighted by Gasteiger charge is 2.19. The van der Waals surface area contributed by atoms with E-state index >= 15 is 0 Å². The molecule has 1 aromatic carbocycles. The monoisotopic (exact) mass is 185 g/mol. The number of benzene rings is 1. The summed E-state index contributed by atoms with van der Waals surface area (Å²) in [6.45, 7) is 1.86. The van der Waals surface area contributed by atoms with Crippen LogP contribution in [0.25, 0.3) is 0 Å². The molecule has 0 bridgehead atoms. The van der Waals surface area contributed by atoms with Gasteiger partial charge in [-0.2, -0.15) is 0 Å². The molecule has 1 aliphatic rings. The summed E-state index contributed by atoms with van der Waals surface area (Å²) in [6, 6.07) is 2.96. The second-order valence-corrected chi connectivity index (χ2v) is 3.19. The van der Waals surface area contributed by atoms with E-state index in [1.54, 1.807) is 6.07 Å². The molecule has 0 fully saturated rings. The highest BCUT2D eigenvalue weighted by atomic mass is 32.1. The number of thiol groups is 1. The lowest BCUT2D eigenvalue weighted by Gasteiger charge is -2.01. The minimum absolute atomic E-state index is 0.0884. The van der Waals surface area contributed by atoms with Crippen LogP contribution < -0.4 is 10.1 Å². The van der Waals surface area contributed by atoms with E-state index in [0.29, 0.717) is 16.3 Å². The number of halogens is 1. The lowest BCUT2D eigenvalue weighted by atomic mass is 10.3. The summed E-state index contributed by atoms with van der Waals surface area (Å²) in [4.78, 5) is 0.310. The molecule has 0 amide bonds. The Balaban J connectivity index is 2.48. The van der Waals surface area contributed by atoms with Crippen LogP contribution in [0.1, 0.15) is 6.92 Å². The van der Waals surface area contributed by atoms with Crippen molar-refractivity contribution in [3.05, 3.63) is 17.9 Å². The number of ether oxygens (including phenoxy) is 1. The average Bonchev–Trinajstić information content (AvgIpc) is 2.30. The molecule has 2 nitrogen and oxygen atoms in total. The maximum atomic E-state index is 12.9. The normalized spacial score (nSPS) is 19.8. The van der Waals surface area contributed by atoms with Crippen molar-refractivity contribution in [2.75, 3.05) is 5.32 Å². The van der Waals surface area contributed by atoms with Crippen molar-refractivity contribution in [2.24, 2.45) is 0 Å². The molecule has 64 valence electrons. The van der Waals surface area contributed by atoms with Crippen molar-refractivity contribution in [1.82, 2.24) is 0 Å². The summed E-state index contributed by atoms with van der Waals surface area (Å²) in [7, 11) is 0. The van der Waals surface area contributed by atoms with Gasteiger partial charge in [0, 0.05) is 11.0 Å². The first-order chi connectivity index (χ1) is 5.66. The highest BCUT2D eigenvalue weighted by Crippen LogP contribution is 2.34. The predicted molar refractivity (Wildman–Crippen MR) is 47.4 cm³/mol. The average molecular weight is 185 g/mol. The van der Waals surface area contributed by atoms with Crippen LogP contribution in [0.15, 0.2) is 17.0 Å². The minimum Gasteiger partial charge on any atom is -0.469 e. The van der Waals surface area contributed by atoms with Gasteiger partial charge in [0.15, 0.2) is 6.23 Å². The van der Waals surface area contributed by atoms with Gasteiger partial charge >= 0.3 is 0 Å². The molecule has 0 radical (unpaired) electrons. The van der Waals surface area contributed by atoms with Crippen LogP contribution in [0.2, 0.25) is 0 Å². The zero-order valence-electron chi connectivity index (χ0n) is 6.47. The van der Waals surface area contributed by atoms with E-state index in [1.165, 1.54) is 6.07 Å². The van der Waals surface area contributed by atoms with Crippen LogP contribution in [0.4, 0.5) is 10.1 Å². The van der Waals surface area contributed by atoms with Gasteiger partial charge in [-0.25, -0.2) is 4.39 Å². The van der Waals surface area contributed by atoms with E-state index in [-0.39, 0.29) is 12.0 Å². The summed E-state index contributed by atoms with van der Waals surface area (Å²) in [6.07, 6.45) is -0.0884. The number of hydrogen-bond donors (Lipinski definition) is 2. The third kappa shape index (κ3) is 1.12. The molecule has 1 heterocycles. The fourth-order valence-electron chi connectivity index (χ4n) is 1.19. The zero-order chi connectivity index (χ0) is 8.72. The second-order valence-electron chi connectivity index (χ2n) is 2.70. The van der Waals surface area contributed by atoms with Gasteiger partial charge in [-0.05, 0) is 13.0 Å². The number of nitrogens with one attached hydrogen (secondary N) is 1. The lowest BCUT2D eigenvalue weighted by Crippen LogP contribution is -2.13. The third-order valence-electron chi connectivity index (χ3n) is 1.71. The maximum absolute atomic E-state index is 12.9. The Morgan fingerprint density at radius 3 is 3.08 bits per heavy atom. The van der Waals surface area contributed by atoms with Crippen molar-refractivity contribution >= 4 is 18.3 Å². The van der Waals surface area contributed by atoms with Crippen molar-refractivity contribution in [3.8, 4) is 5.75 Å². The molecule has 1 aromatic rings. The zero-order valence-corrected chi connectivity index (χ0v) is 7.36. The molecule has 0 saturated heterocycles. The molecule has 0 aliphatic carbocycles. The van der Waals surface area contributed by atoms with Gasteiger partial charge in [0.25, 0.3) is 0 Å². The first kappa shape index (κ1) is 7.73. The quantitative estimate of drug-likeness (QED) is 0.605. The smallest absolute Gasteiger partial charge is 0.167 e. The van der Waals surface area contributed by atoms with Crippen LogP contribution >= 0.6 is 12.6 Å². The summed E-state index contributed by atoms with van der Waals surface area (Å²) in [5.74, 6) is 0.330. The second kappa shape index (κ2) is 2.55. The van der Waals surface area contributed by atoms with Gasteiger partial charge in [-0.15, -0.1) is 12.6 Å². The van der Waals surface area contributed by atoms with Gasteiger partial charge in [-0.1, -0.05) is 0 Å². The first-order valence-corrected chi connectivity index (χ1v) is 4.07. The molecule has 1 aliphatic heterocycles. The molecule has 1 atom stereocenters. The van der Waals surface area contributed by atoms with Gasteiger partial charge in [0.1, 0.15) is 11.6 Å². The van der Waals surface area contributed by atoms with Crippen LogP contribution in [0.5, 0.6) is 5.75 Å². The Hall–Kier alpha value is -0.900. The van der Waals surface area contributed by atoms with Gasteiger partial charge < -0.3 is 10.1 Å². The summed E-state index contributed by atoms with van der Waals surface area (Å²) in [5.41, 5.74) is 0.692. The van der Waals surface area contributed by atoms with E-state index in [9.17, 15) is 4.39 Å². The van der Waals surface area contributed by atoms with E-state index in [2.05, 4.69) is 17.9 Å². The van der Waals surface area contributed by atoms with Crippen molar-refractivity contribution < 1.29 is 9.13 Å². The molecule has 4 heteroatoms.